The minimum absolute atomic E-state index is 0.249. The van der Waals surface area contributed by atoms with Crippen molar-refractivity contribution in [1.82, 2.24) is 5.32 Å². The fourth-order valence-corrected chi connectivity index (χ4v) is 2.25. The number of unbranched alkanes of at least 4 members (excludes halogenated alkanes) is 6. The molecular formula is C20H37NO. The number of aliphatic hydroxyl groups excluding tert-OH is 1. The van der Waals surface area contributed by atoms with E-state index in [4.69, 9.17) is 5.11 Å². The number of aliphatic hydroxyl groups is 1. The average Bonchev–Trinajstić information content (AvgIpc) is 2.54. The van der Waals surface area contributed by atoms with Gasteiger partial charge >= 0.3 is 0 Å². The SMILES string of the molecule is CCC=CCC=CCC=CCCCCCCCCNCCO. The average molecular weight is 308 g/mol. The normalized spacial score (nSPS) is 12.3. The van der Waals surface area contributed by atoms with Crippen molar-refractivity contribution < 1.29 is 5.11 Å². The lowest BCUT2D eigenvalue weighted by Gasteiger charge is -2.02. The van der Waals surface area contributed by atoms with E-state index in [0.717, 1.165) is 32.4 Å². The first-order chi connectivity index (χ1) is 10.9. The number of hydrogen-bond donors (Lipinski definition) is 2. The van der Waals surface area contributed by atoms with Crippen LogP contribution in [0.25, 0.3) is 0 Å². The van der Waals surface area contributed by atoms with E-state index in [1.54, 1.807) is 0 Å². The summed E-state index contributed by atoms with van der Waals surface area (Å²) in [7, 11) is 0. The standard InChI is InChI=1S/C20H37NO/c1-2-3-4-5-6-7-8-9-10-11-12-13-14-15-16-17-18-21-19-20-22/h3-4,6-7,9-10,21-22H,2,5,8,11-20H2,1H3. The van der Waals surface area contributed by atoms with Gasteiger partial charge < -0.3 is 10.4 Å². The van der Waals surface area contributed by atoms with Gasteiger partial charge in [-0.25, -0.2) is 0 Å². The molecule has 0 saturated heterocycles. The highest BCUT2D eigenvalue weighted by atomic mass is 16.3. The van der Waals surface area contributed by atoms with Crippen molar-refractivity contribution in [2.24, 2.45) is 0 Å². The van der Waals surface area contributed by atoms with Crippen molar-refractivity contribution in [2.45, 2.75) is 71.1 Å². The third-order valence-corrected chi connectivity index (χ3v) is 3.54. The molecule has 0 aromatic heterocycles. The van der Waals surface area contributed by atoms with Gasteiger partial charge in [-0.05, 0) is 45.1 Å². The number of rotatable bonds is 16. The van der Waals surface area contributed by atoms with E-state index < -0.39 is 0 Å². The Hall–Kier alpha value is -0.860. The molecule has 0 radical (unpaired) electrons. The second kappa shape index (κ2) is 20.1. The highest BCUT2D eigenvalue weighted by Crippen LogP contribution is 2.07. The van der Waals surface area contributed by atoms with Gasteiger partial charge in [0.05, 0.1) is 6.61 Å². The van der Waals surface area contributed by atoms with Crippen LogP contribution in [0.4, 0.5) is 0 Å². The molecule has 0 fully saturated rings. The van der Waals surface area contributed by atoms with E-state index in [1.165, 1.54) is 44.9 Å². The van der Waals surface area contributed by atoms with Gasteiger partial charge in [-0.15, -0.1) is 0 Å². The number of allylic oxidation sites excluding steroid dienone is 6. The molecular weight excluding hydrogens is 270 g/mol. The summed E-state index contributed by atoms with van der Waals surface area (Å²) in [4.78, 5) is 0. The summed E-state index contributed by atoms with van der Waals surface area (Å²) in [6.45, 7) is 4.20. The van der Waals surface area contributed by atoms with Crippen LogP contribution < -0.4 is 5.32 Å². The third kappa shape index (κ3) is 19.1. The van der Waals surface area contributed by atoms with Crippen LogP contribution >= 0.6 is 0 Å². The second-order valence-electron chi connectivity index (χ2n) is 5.68. The lowest BCUT2D eigenvalue weighted by molar-refractivity contribution is 0.292. The Morgan fingerprint density at radius 2 is 1.27 bits per heavy atom. The molecule has 0 atom stereocenters. The highest BCUT2D eigenvalue weighted by molar-refractivity contribution is 4.96. The Bertz CT molecular complexity index is 281. The summed E-state index contributed by atoms with van der Waals surface area (Å²) in [6.07, 6.45) is 26.0. The molecule has 0 aliphatic heterocycles. The summed E-state index contributed by atoms with van der Waals surface area (Å²) in [5.41, 5.74) is 0. The van der Waals surface area contributed by atoms with Crippen molar-refractivity contribution in [2.75, 3.05) is 19.7 Å². The number of hydrogen-bond acceptors (Lipinski definition) is 2. The molecule has 0 unspecified atom stereocenters. The monoisotopic (exact) mass is 307 g/mol. The van der Waals surface area contributed by atoms with Crippen molar-refractivity contribution in [3.05, 3.63) is 36.5 Å². The molecule has 2 N–H and O–H groups in total. The smallest absolute Gasteiger partial charge is 0.0555 e. The van der Waals surface area contributed by atoms with Gasteiger partial charge in [-0.3, -0.25) is 0 Å². The van der Waals surface area contributed by atoms with E-state index in [0.29, 0.717) is 0 Å². The zero-order valence-electron chi connectivity index (χ0n) is 14.6. The molecule has 0 saturated carbocycles. The lowest BCUT2D eigenvalue weighted by Crippen LogP contribution is -2.19. The zero-order chi connectivity index (χ0) is 16.1. The Labute approximate surface area is 138 Å². The molecule has 0 heterocycles. The Morgan fingerprint density at radius 1 is 0.682 bits per heavy atom. The molecule has 0 bridgehead atoms. The summed E-state index contributed by atoms with van der Waals surface area (Å²) in [5, 5.41) is 11.8. The Balaban J connectivity index is 3.15. The molecule has 0 rings (SSSR count). The van der Waals surface area contributed by atoms with E-state index >= 15 is 0 Å². The molecule has 2 heteroatoms. The molecule has 128 valence electrons. The van der Waals surface area contributed by atoms with Gasteiger partial charge in [-0.2, -0.15) is 0 Å². The highest BCUT2D eigenvalue weighted by Gasteiger charge is 1.91. The van der Waals surface area contributed by atoms with Gasteiger partial charge in [0.15, 0.2) is 0 Å². The van der Waals surface area contributed by atoms with Gasteiger partial charge in [0.1, 0.15) is 0 Å². The van der Waals surface area contributed by atoms with E-state index in [2.05, 4.69) is 48.7 Å². The predicted octanol–water partition coefficient (Wildman–Crippen LogP) is 5.16. The first kappa shape index (κ1) is 21.1. The van der Waals surface area contributed by atoms with Crippen LogP contribution in [-0.4, -0.2) is 24.8 Å². The van der Waals surface area contributed by atoms with Crippen molar-refractivity contribution >= 4 is 0 Å². The first-order valence-electron chi connectivity index (χ1n) is 9.18. The maximum atomic E-state index is 8.63. The molecule has 0 aliphatic carbocycles. The van der Waals surface area contributed by atoms with Crippen LogP contribution in [0.2, 0.25) is 0 Å². The van der Waals surface area contributed by atoms with Crippen LogP contribution in [0.5, 0.6) is 0 Å². The van der Waals surface area contributed by atoms with Crippen molar-refractivity contribution in [3.63, 3.8) is 0 Å². The van der Waals surface area contributed by atoms with Crippen LogP contribution in [0.1, 0.15) is 71.1 Å². The Kier molecular flexibility index (Phi) is 19.4. The second-order valence-corrected chi connectivity index (χ2v) is 5.68. The van der Waals surface area contributed by atoms with Crippen LogP contribution in [-0.2, 0) is 0 Å². The predicted molar refractivity (Wildman–Crippen MR) is 99.2 cm³/mol. The fourth-order valence-electron chi connectivity index (χ4n) is 2.25. The van der Waals surface area contributed by atoms with Gasteiger partial charge in [0.25, 0.3) is 0 Å². The summed E-state index contributed by atoms with van der Waals surface area (Å²) in [6, 6.07) is 0. The van der Waals surface area contributed by atoms with Gasteiger partial charge in [-0.1, -0.05) is 69.1 Å². The molecule has 0 spiro atoms. The first-order valence-corrected chi connectivity index (χ1v) is 9.18. The minimum atomic E-state index is 0.249. The van der Waals surface area contributed by atoms with Crippen LogP contribution in [0.15, 0.2) is 36.5 Å². The third-order valence-electron chi connectivity index (χ3n) is 3.54. The van der Waals surface area contributed by atoms with Crippen LogP contribution in [0.3, 0.4) is 0 Å². The fraction of sp³-hybridized carbons (Fsp3) is 0.700. The molecule has 0 aromatic carbocycles. The van der Waals surface area contributed by atoms with Crippen molar-refractivity contribution in [3.8, 4) is 0 Å². The van der Waals surface area contributed by atoms with Crippen LogP contribution in [0, 0.1) is 0 Å². The lowest BCUT2D eigenvalue weighted by atomic mass is 10.1. The minimum Gasteiger partial charge on any atom is -0.395 e. The quantitative estimate of drug-likeness (QED) is 0.305. The summed E-state index contributed by atoms with van der Waals surface area (Å²) >= 11 is 0. The summed E-state index contributed by atoms with van der Waals surface area (Å²) in [5.74, 6) is 0. The number of nitrogens with one attached hydrogen (secondary N) is 1. The molecule has 0 aliphatic rings. The van der Waals surface area contributed by atoms with E-state index in [9.17, 15) is 0 Å². The van der Waals surface area contributed by atoms with Gasteiger partial charge in [0.2, 0.25) is 0 Å². The van der Waals surface area contributed by atoms with Crippen molar-refractivity contribution in [1.29, 1.82) is 0 Å². The Morgan fingerprint density at radius 3 is 1.95 bits per heavy atom. The molecule has 22 heavy (non-hydrogen) atoms. The summed E-state index contributed by atoms with van der Waals surface area (Å²) < 4.78 is 0. The maximum Gasteiger partial charge on any atom is 0.0555 e. The topological polar surface area (TPSA) is 32.3 Å². The van der Waals surface area contributed by atoms with E-state index in [-0.39, 0.29) is 6.61 Å². The molecule has 2 nitrogen and oxygen atoms in total. The van der Waals surface area contributed by atoms with Gasteiger partial charge in [0, 0.05) is 6.54 Å². The van der Waals surface area contributed by atoms with E-state index in [1.807, 2.05) is 0 Å². The maximum absolute atomic E-state index is 8.63. The largest absolute Gasteiger partial charge is 0.395 e. The molecule has 0 amide bonds. The molecule has 0 aromatic rings. The zero-order valence-corrected chi connectivity index (χ0v) is 14.6.